The molecule has 5 nitrogen and oxygen atoms in total. The lowest BCUT2D eigenvalue weighted by molar-refractivity contribution is -0.151. The molecule has 5 heteroatoms. The summed E-state index contributed by atoms with van der Waals surface area (Å²) in [4.78, 5) is 26.3. The average Bonchev–Trinajstić information content (AvgIpc) is 2.98. The molecule has 0 aliphatic carbocycles. The molecule has 1 amide bonds. The standard InChI is InChI=1S/C20H25NO4/c1-4-24-20(23)15-5-7-21(8-6-15)18(22)11-16-12-25-17-10-13(2)9-14(3)19(16)17/h9-10,12,15H,4-8,11H2,1-3H3. The summed E-state index contributed by atoms with van der Waals surface area (Å²) in [5.74, 6) is -0.129. The first-order valence-corrected chi connectivity index (χ1v) is 8.91. The lowest BCUT2D eigenvalue weighted by Gasteiger charge is -2.30. The van der Waals surface area contributed by atoms with Gasteiger partial charge >= 0.3 is 5.97 Å². The van der Waals surface area contributed by atoms with Gasteiger partial charge in [0.05, 0.1) is 25.2 Å². The SMILES string of the molecule is CCOC(=O)C1CCN(C(=O)Cc2coc3cc(C)cc(C)c23)CC1. The van der Waals surface area contributed by atoms with Crippen molar-refractivity contribution in [3.05, 3.63) is 35.1 Å². The fourth-order valence-corrected chi connectivity index (χ4v) is 3.66. The highest BCUT2D eigenvalue weighted by molar-refractivity contribution is 5.90. The Balaban J connectivity index is 1.65. The van der Waals surface area contributed by atoms with Gasteiger partial charge in [0.2, 0.25) is 5.91 Å². The number of fused-ring (bicyclic) bond motifs is 1. The summed E-state index contributed by atoms with van der Waals surface area (Å²) in [6.07, 6.45) is 3.38. The van der Waals surface area contributed by atoms with E-state index in [2.05, 4.69) is 6.07 Å². The van der Waals surface area contributed by atoms with E-state index in [4.69, 9.17) is 9.15 Å². The number of hydrogen-bond acceptors (Lipinski definition) is 4. The lowest BCUT2D eigenvalue weighted by atomic mass is 9.96. The molecule has 1 saturated heterocycles. The van der Waals surface area contributed by atoms with Crippen molar-refractivity contribution in [2.45, 2.75) is 40.0 Å². The van der Waals surface area contributed by atoms with Crippen LogP contribution < -0.4 is 0 Å². The third kappa shape index (κ3) is 3.70. The molecule has 2 aromatic rings. The molecule has 1 aliphatic rings. The fraction of sp³-hybridized carbons (Fsp3) is 0.500. The van der Waals surface area contributed by atoms with Gasteiger partial charge in [-0.2, -0.15) is 0 Å². The molecule has 3 rings (SSSR count). The predicted molar refractivity (Wildman–Crippen MR) is 95.3 cm³/mol. The first kappa shape index (κ1) is 17.5. The molecule has 25 heavy (non-hydrogen) atoms. The Kier molecular flexibility index (Phi) is 5.11. The maximum absolute atomic E-state index is 12.7. The number of benzene rings is 1. The van der Waals surface area contributed by atoms with E-state index in [0.29, 0.717) is 39.0 Å². The molecule has 0 atom stereocenters. The number of piperidine rings is 1. The number of aryl methyl sites for hydroxylation is 2. The molecule has 0 spiro atoms. The highest BCUT2D eigenvalue weighted by atomic mass is 16.5. The van der Waals surface area contributed by atoms with Gasteiger partial charge in [0.15, 0.2) is 0 Å². The van der Waals surface area contributed by atoms with Gasteiger partial charge in [-0.1, -0.05) is 6.07 Å². The molecule has 1 aromatic carbocycles. The molecule has 1 aromatic heterocycles. The van der Waals surface area contributed by atoms with Gasteiger partial charge in [0, 0.05) is 24.0 Å². The minimum Gasteiger partial charge on any atom is -0.466 e. The highest BCUT2D eigenvalue weighted by Crippen LogP contribution is 2.27. The number of rotatable bonds is 4. The molecule has 0 bridgehead atoms. The van der Waals surface area contributed by atoms with Crippen molar-refractivity contribution in [2.24, 2.45) is 5.92 Å². The van der Waals surface area contributed by atoms with Crippen molar-refractivity contribution in [2.75, 3.05) is 19.7 Å². The van der Waals surface area contributed by atoms with Crippen molar-refractivity contribution < 1.29 is 18.7 Å². The van der Waals surface area contributed by atoms with Crippen LogP contribution in [0.5, 0.6) is 0 Å². The zero-order valence-corrected chi connectivity index (χ0v) is 15.1. The molecule has 0 radical (unpaired) electrons. The summed E-state index contributed by atoms with van der Waals surface area (Å²) in [5.41, 5.74) is 4.05. The molecular formula is C20H25NO4. The van der Waals surface area contributed by atoms with Crippen LogP contribution in [0, 0.1) is 19.8 Å². The first-order chi connectivity index (χ1) is 12.0. The van der Waals surface area contributed by atoms with Crippen molar-refractivity contribution in [3.8, 4) is 0 Å². The Morgan fingerprint density at radius 3 is 2.64 bits per heavy atom. The van der Waals surface area contributed by atoms with E-state index in [9.17, 15) is 9.59 Å². The smallest absolute Gasteiger partial charge is 0.309 e. The van der Waals surface area contributed by atoms with Gasteiger partial charge in [-0.05, 0) is 50.8 Å². The van der Waals surface area contributed by atoms with E-state index in [1.54, 1.807) is 6.26 Å². The quantitative estimate of drug-likeness (QED) is 0.799. The minimum atomic E-state index is -0.138. The van der Waals surface area contributed by atoms with E-state index in [1.165, 1.54) is 0 Å². The molecular weight excluding hydrogens is 318 g/mol. The molecule has 2 heterocycles. The van der Waals surface area contributed by atoms with Gasteiger partial charge in [-0.25, -0.2) is 0 Å². The summed E-state index contributed by atoms with van der Waals surface area (Å²) >= 11 is 0. The number of furan rings is 1. The monoisotopic (exact) mass is 343 g/mol. The predicted octanol–water partition coefficient (Wildman–Crippen LogP) is 3.39. The number of hydrogen-bond donors (Lipinski definition) is 0. The Morgan fingerprint density at radius 1 is 1.24 bits per heavy atom. The highest BCUT2D eigenvalue weighted by Gasteiger charge is 2.28. The second-order valence-corrected chi connectivity index (χ2v) is 6.80. The van der Waals surface area contributed by atoms with Crippen LogP contribution in [0.4, 0.5) is 0 Å². The largest absolute Gasteiger partial charge is 0.466 e. The Bertz CT molecular complexity index is 784. The maximum atomic E-state index is 12.7. The van der Waals surface area contributed by atoms with Crippen LogP contribution in [-0.4, -0.2) is 36.5 Å². The topological polar surface area (TPSA) is 59.8 Å². The van der Waals surface area contributed by atoms with E-state index >= 15 is 0 Å². The van der Waals surface area contributed by atoms with Crippen molar-refractivity contribution in [1.82, 2.24) is 4.90 Å². The molecule has 134 valence electrons. The molecule has 1 fully saturated rings. The van der Waals surface area contributed by atoms with Gasteiger partial charge in [-0.3, -0.25) is 9.59 Å². The Labute approximate surface area is 147 Å². The summed E-state index contributed by atoms with van der Waals surface area (Å²) in [6, 6.07) is 4.11. The zero-order chi connectivity index (χ0) is 18.0. The van der Waals surface area contributed by atoms with Gasteiger partial charge in [-0.15, -0.1) is 0 Å². The third-order valence-corrected chi connectivity index (χ3v) is 4.90. The molecule has 1 aliphatic heterocycles. The van der Waals surface area contributed by atoms with E-state index in [0.717, 1.165) is 27.7 Å². The zero-order valence-electron chi connectivity index (χ0n) is 15.1. The van der Waals surface area contributed by atoms with Crippen molar-refractivity contribution in [3.63, 3.8) is 0 Å². The van der Waals surface area contributed by atoms with E-state index < -0.39 is 0 Å². The van der Waals surface area contributed by atoms with E-state index in [-0.39, 0.29) is 17.8 Å². The van der Waals surface area contributed by atoms with Gasteiger partial charge in [0.25, 0.3) is 0 Å². The summed E-state index contributed by atoms with van der Waals surface area (Å²) in [5, 5.41) is 1.04. The van der Waals surface area contributed by atoms with Crippen LogP contribution in [0.25, 0.3) is 11.0 Å². The minimum absolute atomic E-state index is 0.0797. The second-order valence-electron chi connectivity index (χ2n) is 6.80. The number of ether oxygens (including phenoxy) is 1. The number of carbonyl (C=O) groups excluding carboxylic acids is 2. The maximum Gasteiger partial charge on any atom is 0.309 e. The summed E-state index contributed by atoms with van der Waals surface area (Å²) in [6.45, 7) is 7.52. The van der Waals surface area contributed by atoms with Crippen LogP contribution in [0.3, 0.4) is 0 Å². The van der Waals surface area contributed by atoms with Crippen LogP contribution >= 0.6 is 0 Å². The summed E-state index contributed by atoms with van der Waals surface area (Å²) < 4.78 is 10.7. The second kappa shape index (κ2) is 7.30. The summed E-state index contributed by atoms with van der Waals surface area (Å²) in [7, 11) is 0. The van der Waals surface area contributed by atoms with Crippen molar-refractivity contribution in [1.29, 1.82) is 0 Å². The molecule has 0 N–H and O–H groups in total. The first-order valence-electron chi connectivity index (χ1n) is 8.91. The number of likely N-dealkylation sites (tertiary alicyclic amines) is 1. The fourth-order valence-electron chi connectivity index (χ4n) is 3.66. The number of nitrogens with zero attached hydrogens (tertiary/aromatic N) is 1. The average molecular weight is 343 g/mol. The number of amides is 1. The lowest BCUT2D eigenvalue weighted by Crippen LogP contribution is -2.41. The normalized spacial score (nSPS) is 15.6. The number of esters is 1. The molecule has 0 unspecified atom stereocenters. The Morgan fingerprint density at radius 2 is 1.96 bits per heavy atom. The van der Waals surface area contributed by atoms with Gasteiger partial charge in [0.1, 0.15) is 5.58 Å². The third-order valence-electron chi connectivity index (χ3n) is 4.90. The van der Waals surface area contributed by atoms with Crippen LogP contribution in [0.2, 0.25) is 0 Å². The van der Waals surface area contributed by atoms with E-state index in [1.807, 2.05) is 31.7 Å². The number of carbonyl (C=O) groups is 2. The Hall–Kier alpha value is -2.30. The van der Waals surface area contributed by atoms with Crippen molar-refractivity contribution >= 4 is 22.8 Å². The van der Waals surface area contributed by atoms with Crippen LogP contribution in [-0.2, 0) is 20.7 Å². The van der Waals surface area contributed by atoms with Crippen LogP contribution in [0.15, 0.2) is 22.8 Å². The van der Waals surface area contributed by atoms with Gasteiger partial charge < -0.3 is 14.1 Å². The molecule has 0 saturated carbocycles. The van der Waals surface area contributed by atoms with Crippen LogP contribution in [0.1, 0.15) is 36.5 Å².